The first-order valence-corrected chi connectivity index (χ1v) is 11.8. The molecule has 1 aliphatic heterocycles. The summed E-state index contributed by atoms with van der Waals surface area (Å²) in [7, 11) is 0. The highest BCUT2D eigenvalue weighted by Gasteiger charge is 2.36. The molecule has 0 saturated carbocycles. The smallest absolute Gasteiger partial charge is 0.258 e. The summed E-state index contributed by atoms with van der Waals surface area (Å²) in [5, 5.41) is 7.53. The Balaban J connectivity index is 1.45. The van der Waals surface area contributed by atoms with Gasteiger partial charge in [0.1, 0.15) is 12.1 Å². The van der Waals surface area contributed by atoms with E-state index in [0.29, 0.717) is 23.5 Å². The van der Waals surface area contributed by atoms with Gasteiger partial charge in [-0.1, -0.05) is 30.3 Å². The second kappa shape index (κ2) is 9.73. The average Bonchev–Trinajstić information content (AvgIpc) is 3.53. The Morgan fingerprint density at radius 1 is 1.03 bits per heavy atom. The third-order valence-electron chi connectivity index (χ3n) is 6.32. The van der Waals surface area contributed by atoms with Crippen LogP contribution >= 0.6 is 0 Å². The van der Waals surface area contributed by atoms with Crippen molar-refractivity contribution in [1.82, 2.24) is 20.1 Å². The summed E-state index contributed by atoms with van der Waals surface area (Å²) in [6.07, 6.45) is 1.70. The van der Waals surface area contributed by atoms with Crippen LogP contribution in [0, 0.1) is 5.82 Å². The fourth-order valence-electron chi connectivity index (χ4n) is 4.33. The van der Waals surface area contributed by atoms with Gasteiger partial charge in [-0.2, -0.15) is 5.10 Å². The number of anilines is 1. The lowest BCUT2D eigenvalue weighted by Gasteiger charge is -2.18. The van der Waals surface area contributed by atoms with Crippen LogP contribution in [0.4, 0.5) is 10.1 Å². The minimum Gasteiger partial charge on any atom is -0.348 e. The van der Waals surface area contributed by atoms with Gasteiger partial charge in [0.05, 0.1) is 5.92 Å². The number of carbonyl (C=O) groups excluding carboxylic acids is 2. The lowest BCUT2D eigenvalue weighted by Crippen LogP contribution is -2.30. The molecule has 3 aromatic carbocycles. The molecule has 0 bridgehead atoms. The zero-order valence-electron chi connectivity index (χ0n) is 20.1. The van der Waals surface area contributed by atoms with Crippen molar-refractivity contribution in [2.75, 3.05) is 11.4 Å². The van der Waals surface area contributed by atoms with Crippen molar-refractivity contribution < 1.29 is 14.0 Å². The number of rotatable bonds is 6. The normalized spacial score (nSPS) is 14.7. The van der Waals surface area contributed by atoms with E-state index >= 15 is 0 Å². The molecular weight excluding hydrogens is 457 g/mol. The van der Waals surface area contributed by atoms with Crippen molar-refractivity contribution in [2.24, 2.45) is 0 Å². The molecule has 0 fully saturated rings. The van der Waals surface area contributed by atoms with E-state index in [9.17, 15) is 14.0 Å². The molecule has 2 amide bonds. The highest BCUT2D eigenvalue weighted by Crippen LogP contribution is 2.40. The van der Waals surface area contributed by atoms with E-state index in [4.69, 9.17) is 0 Å². The number of nitrogens with zero attached hydrogens (tertiary/aromatic N) is 4. The number of aromatic nitrogens is 3. The molecule has 0 radical (unpaired) electrons. The van der Waals surface area contributed by atoms with Crippen LogP contribution in [0.2, 0.25) is 0 Å². The van der Waals surface area contributed by atoms with E-state index < -0.39 is 0 Å². The van der Waals surface area contributed by atoms with Gasteiger partial charge in [-0.25, -0.2) is 9.37 Å². The Bertz CT molecular complexity index is 1400. The Morgan fingerprint density at radius 3 is 2.47 bits per heavy atom. The van der Waals surface area contributed by atoms with Crippen LogP contribution in [0.25, 0.3) is 0 Å². The van der Waals surface area contributed by atoms with Crippen molar-refractivity contribution in [2.45, 2.75) is 32.4 Å². The highest BCUT2D eigenvalue weighted by atomic mass is 19.1. The highest BCUT2D eigenvalue weighted by molar-refractivity contribution is 6.08. The molecule has 182 valence electrons. The zero-order valence-corrected chi connectivity index (χ0v) is 20.1. The van der Waals surface area contributed by atoms with Gasteiger partial charge in [-0.3, -0.25) is 14.3 Å². The van der Waals surface area contributed by atoms with Crippen molar-refractivity contribution in [3.63, 3.8) is 0 Å². The molecule has 1 atom stereocenters. The first kappa shape index (κ1) is 23.4. The summed E-state index contributed by atoms with van der Waals surface area (Å²) in [4.78, 5) is 32.6. The van der Waals surface area contributed by atoms with Crippen molar-refractivity contribution >= 4 is 17.5 Å². The standard InChI is InChI=1S/C28H26FN5O2/c1-18(2)34-17-31-26(32-34)24-16-33(28(36)20-6-4-3-5-7-20)25-13-10-21(14-23(24)25)27(35)30-15-19-8-11-22(29)12-9-19/h3-14,17-18,24H,15-16H2,1-2H3,(H,30,35). The molecule has 0 aliphatic carbocycles. The predicted molar refractivity (Wildman–Crippen MR) is 134 cm³/mol. The third-order valence-corrected chi connectivity index (χ3v) is 6.32. The van der Waals surface area contributed by atoms with Crippen LogP contribution in [-0.4, -0.2) is 33.1 Å². The lowest BCUT2D eigenvalue weighted by molar-refractivity contribution is 0.0949. The minimum absolute atomic E-state index is 0.115. The van der Waals surface area contributed by atoms with Crippen molar-refractivity contribution in [3.8, 4) is 0 Å². The molecule has 1 aliphatic rings. The summed E-state index contributed by atoms with van der Waals surface area (Å²) < 4.78 is 15.0. The Kier molecular flexibility index (Phi) is 6.33. The van der Waals surface area contributed by atoms with Crippen LogP contribution in [0.3, 0.4) is 0 Å². The topological polar surface area (TPSA) is 80.1 Å². The molecule has 8 heteroatoms. The molecule has 5 rings (SSSR count). The van der Waals surface area contributed by atoms with Crippen molar-refractivity contribution in [3.05, 3.63) is 113 Å². The number of benzene rings is 3. The maximum atomic E-state index is 13.4. The van der Waals surface area contributed by atoms with E-state index in [2.05, 4.69) is 15.4 Å². The lowest BCUT2D eigenvalue weighted by atomic mass is 9.98. The average molecular weight is 484 g/mol. The fraction of sp³-hybridized carbons (Fsp3) is 0.214. The van der Waals surface area contributed by atoms with E-state index in [-0.39, 0.29) is 36.1 Å². The zero-order chi connectivity index (χ0) is 25.2. The SMILES string of the molecule is CC(C)n1cnc(C2CN(C(=O)c3ccccc3)c3ccc(C(=O)NCc4ccc(F)cc4)cc32)n1. The van der Waals surface area contributed by atoms with Gasteiger partial charge < -0.3 is 10.2 Å². The van der Waals surface area contributed by atoms with Gasteiger partial charge in [-0.05, 0) is 67.4 Å². The van der Waals surface area contributed by atoms with Crippen LogP contribution in [0.5, 0.6) is 0 Å². The number of nitrogens with one attached hydrogen (secondary N) is 1. The van der Waals surface area contributed by atoms with E-state index in [1.807, 2.05) is 44.2 Å². The van der Waals surface area contributed by atoms with Crippen LogP contribution in [0.15, 0.2) is 79.1 Å². The molecule has 0 saturated heterocycles. The second-order valence-corrected chi connectivity index (χ2v) is 9.09. The predicted octanol–water partition coefficient (Wildman–Crippen LogP) is 4.72. The number of fused-ring (bicyclic) bond motifs is 1. The molecule has 2 heterocycles. The number of carbonyl (C=O) groups is 2. The summed E-state index contributed by atoms with van der Waals surface area (Å²) in [6, 6.07) is 20.6. The van der Waals surface area contributed by atoms with Gasteiger partial charge in [-0.15, -0.1) is 0 Å². The summed E-state index contributed by atoms with van der Waals surface area (Å²) in [5.41, 5.74) is 3.43. The number of hydrogen-bond donors (Lipinski definition) is 1. The second-order valence-electron chi connectivity index (χ2n) is 9.09. The molecule has 1 aromatic heterocycles. The number of halogens is 1. The Labute approximate surface area is 208 Å². The summed E-state index contributed by atoms with van der Waals surface area (Å²) >= 11 is 0. The van der Waals surface area contributed by atoms with E-state index in [1.54, 1.807) is 46.2 Å². The first-order valence-electron chi connectivity index (χ1n) is 11.8. The first-order chi connectivity index (χ1) is 17.4. The third kappa shape index (κ3) is 4.62. The molecule has 0 spiro atoms. The molecule has 1 unspecified atom stereocenters. The quantitative estimate of drug-likeness (QED) is 0.430. The van der Waals surface area contributed by atoms with Gasteiger partial charge >= 0.3 is 0 Å². The molecule has 1 N–H and O–H groups in total. The summed E-state index contributed by atoms with van der Waals surface area (Å²) in [6.45, 7) is 4.70. The van der Waals surface area contributed by atoms with Crippen LogP contribution < -0.4 is 10.2 Å². The maximum absolute atomic E-state index is 13.4. The monoisotopic (exact) mass is 483 g/mol. The van der Waals surface area contributed by atoms with Crippen LogP contribution in [0.1, 0.15) is 63.5 Å². The molecular formula is C28H26FN5O2. The number of hydrogen-bond acceptors (Lipinski definition) is 4. The Hall–Kier alpha value is -4.33. The minimum atomic E-state index is -0.321. The molecule has 4 aromatic rings. The largest absolute Gasteiger partial charge is 0.348 e. The fourth-order valence-corrected chi connectivity index (χ4v) is 4.33. The van der Waals surface area contributed by atoms with Gasteiger partial charge in [0, 0.05) is 35.9 Å². The molecule has 7 nitrogen and oxygen atoms in total. The van der Waals surface area contributed by atoms with E-state index in [0.717, 1.165) is 16.8 Å². The van der Waals surface area contributed by atoms with E-state index in [1.165, 1.54) is 12.1 Å². The van der Waals surface area contributed by atoms with Gasteiger partial charge in [0.25, 0.3) is 11.8 Å². The van der Waals surface area contributed by atoms with Gasteiger partial charge in [0.2, 0.25) is 0 Å². The summed E-state index contributed by atoms with van der Waals surface area (Å²) in [5.74, 6) is -0.349. The number of amides is 2. The maximum Gasteiger partial charge on any atom is 0.258 e. The molecule has 36 heavy (non-hydrogen) atoms. The van der Waals surface area contributed by atoms with Crippen molar-refractivity contribution in [1.29, 1.82) is 0 Å². The van der Waals surface area contributed by atoms with Crippen LogP contribution in [-0.2, 0) is 6.54 Å². The Morgan fingerprint density at radius 2 is 1.78 bits per heavy atom. The van der Waals surface area contributed by atoms with Gasteiger partial charge in [0.15, 0.2) is 5.82 Å².